The monoisotopic (exact) mass is 318 g/mol. The van der Waals surface area contributed by atoms with Crippen molar-refractivity contribution in [2.45, 2.75) is 39.8 Å². The van der Waals surface area contributed by atoms with Crippen molar-refractivity contribution >= 4 is 5.96 Å². The summed E-state index contributed by atoms with van der Waals surface area (Å²) in [5.74, 6) is 1.31. The number of hydrogen-bond donors (Lipinski definition) is 2. The lowest BCUT2D eigenvalue weighted by atomic mass is 10.1. The highest BCUT2D eigenvalue weighted by Gasteiger charge is 2.13. The minimum Gasteiger partial charge on any atom is -0.361 e. The van der Waals surface area contributed by atoms with E-state index in [-0.39, 0.29) is 5.82 Å². The summed E-state index contributed by atoms with van der Waals surface area (Å²) in [5.41, 5.74) is 2.92. The number of hydrogen-bond acceptors (Lipinski definition) is 3. The van der Waals surface area contributed by atoms with Gasteiger partial charge in [-0.3, -0.25) is 4.99 Å². The number of guanidine groups is 1. The summed E-state index contributed by atoms with van der Waals surface area (Å²) in [6.07, 6.45) is 1.63. The van der Waals surface area contributed by atoms with Gasteiger partial charge in [-0.15, -0.1) is 0 Å². The molecule has 2 aromatic rings. The SMILES string of the molecule is CCc1noc(CC)c1CNC(=NC)NCc1cccc(F)c1. The Morgan fingerprint density at radius 3 is 2.65 bits per heavy atom. The molecule has 0 aliphatic carbocycles. The lowest BCUT2D eigenvalue weighted by Crippen LogP contribution is -2.36. The van der Waals surface area contributed by atoms with Crippen molar-refractivity contribution in [3.8, 4) is 0 Å². The van der Waals surface area contributed by atoms with Gasteiger partial charge in [0.2, 0.25) is 0 Å². The van der Waals surface area contributed by atoms with Gasteiger partial charge in [-0.1, -0.05) is 31.1 Å². The molecular weight excluding hydrogens is 295 g/mol. The van der Waals surface area contributed by atoms with Crippen molar-refractivity contribution in [1.29, 1.82) is 0 Å². The van der Waals surface area contributed by atoms with Crippen molar-refractivity contribution in [2.24, 2.45) is 4.99 Å². The van der Waals surface area contributed by atoms with Crippen LogP contribution in [0.25, 0.3) is 0 Å². The molecule has 0 saturated carbocycles. The van der Waals surface area contributed by atoms with Gasteiger partial charge in [-0.05, 0) is 24.1 Å². The van der Waals surface area contributed by atoms with Gasteiger partial charge < -0.3 is 15.2 Å². The summed E-state index contributed by atoms with van der Waals surface area (Å²) in [6, 6.07) is 6.50. The topological polar surface area (TPSA) is 62.5 Å². The minimum atomic E-state index is -0.239. The van der Waals surface area contributed by atoms with E-state index in [1.807, 2.05) is 13.0 Å². The second-order valence-corrected chi connectivity index (χ2v) is 5.15. The Morgan fingerprint density at radius 1 is 1.22 bits per heavy atom. The van der Waals surface area contributed by atoms with Crippen LogP contribution < -0.4 is 10.6 Å². The van der Waals surface area contributed by atoms with Crippen LogP contribution >= 0.6 is 0 Å². The van der Waals surface area contributed by atoms with Crippen molar-refractivity contribution in [3.05, 3.63) is 52.7 Å². The quantitative estimate of drug-likeness (QED) is 0.635. The molecule has 0 unspecified atom stereocenters. The largest absolute Gasteiger partial charge is 0.361 e. The minimum absolute atomic E-state index is 0.239. The third kappa shape index (κ3) is 4.55. The molecule has 1 aromatic carbocycles. The van der Waals surface area contributed by atoms with Crippen LogP contribution in [0.3, 0.4) is 0 Å². The number of halogens is 1. The second-order valence-electron chi connectivity index (χ2n) is 5.15. The van der Waals surface area contributed by atoms with Crippen LogP contribution in [0.15, 0.2) is 33.8 Å². The average molecular weight is 318 g/mol. The molecule has 1 heterocycles. The lowest BCUT2D eigenvalue weighted by Gasteiger charge is -2.12. The Hall–Kier alpha value is -2.37. The van der Waals surface area contributed by atoms with Crippen molar-refractivity contribution < 1.29 is 8.91 Å². The maximum Gasteiger partial charge on any atom is 0.191 e. The predicted molar refractivity (Wildman–Crippen MR) is 88.7 cm³/mol. The first-order valence-electron chi connectivity index (χ1n) is 7.83. The van der Waals surface area contributed by atoms with Crippen LogP contribution in [-0.4, -0.2) is 18.2 Å². The third-order valence-corrected chi connectivity index (χ3v) is 3.61. The Labute approximate surface area is 136 Å². The first-order valence-corrected chi connectivity index (χ1v) is 7.83. The van der Waals surface area contributed by atoms with Crippen LogP contribution in [0.1, 0.15) is 36.4 Å². The van der Waals surface area contributed by atoms with Crippen LogP contribution in [-0.2, 0) is 25.9 Å². The van der Waals surface area contributed by atoms with E-state index >= 15 is 0 Å². The smallest absolute Gasteiger partial charge is 0.191 e. The number of nitrogens with one attached hydrogen (secondary N) is 2. The Bertz CT molecular complexity index is 645. The van der Waals surface area contributed by atoms with Gasteiger partial charge in [-0.25, -0.2) is 4.39 Å². The molecule has 0 aliphatic rings. The van der Waals surface area contributed by atoms with Crippen LogP contribution in [0, 0.1) is 5.82 Å². The fourth-order valence-electron chi connectivity index (χ4n) is 2.36. The maximum atomic E-state index is 13.2. The summed E-state index contributed by atoms with van der Waals surface area (Å²) in [5, 5.41) is 10.5. The summed E-state index contributed by atoms with van der Waals surface area (Å²) in [7, 11) is 1.70. The van der Waals surface area contributed by atoms with Gasteiger partial charge in [0.05, 0.1) is 5.69 Å². The molecule has 0 saturated heterocycles. The molecule has 5 nitrogen and oxygen atoms in total. The van der Waals surface area contributed by atoms with Gasteiger partial charge in [0.25, 0.3) is 0 Å². The van der Waals surface area contributed by atoms with E-state index in [1.165, 1.54) is 12.1 Å². The van der Waals surface area contributed by atoms with E-state index < -0.39 is 0 Å². The van der Waals surface area contributed by atoms with Crippen LogP contribution in [0.5, 0.6) is 0 Å². The number of aliphatic imine (C=N–C) groups is 1. The van der Waals surface area contributed by atoms with Gasteiger partial charge >= 0.3 is 0 Å². The molecule has 2 N–H and O–H groups in total. The normalized spacial score (nSPS) is 11.6. The van der Waals surface area contributed by atoms with Crippen molar-refractivity contribution in [2.75, 3.05) is 7.05 Å². The summed E-state index contributed by atoms with van der Waals surface area (Å²) in [4.78, 5) is 4.19. The zero-order valence-corrected chi connectivity index (χ0v) is 13.8. The highest BCUT2D eigenvalue weighted by molar-refractivity contribution is 5.79. The van der Waals surface area contributed by atoms with E-state index in [2.05, 4.69) is 27.7 Å². The van der Waals surface area contributed by atoms with Gasteiger partial charge in [0, 0.05) is 32.1 Å². The average Bonchev–Trinajstić information content (AvgIpc) is 2.97. The van der Waals surface area contributed by atoms with Crippen molar-refractivity contribution in [3.63, 3.8) is 0 Å². The fourth-order valence-corrected chi connectivity index (χ4v) is 2.36. The second kappa shape index (κ2) is 8.31. The number of nitrogens with zero attached hydrogens (tertiary/aromatic N) is 2. The molecule has 0 radical (unpaired) electrons. The van der Waals surface area contributed by atoms with E-state index in [4.69, 9.17) is 4.52 Å². The third-order valence-electron chi connectivity index (χ3n) is 3.61. The van der Waals surface area contributed by atoms with E-state index in [0.717, 1.165) is 35.4 Å². The highest BCUT2D eigenvalue weighted by Crippen LogP contribution is 2.15. The molecule has 23 heavy (non-hydrogen) atoms. The summed E-state index contributed by atoms with van der Waals surface area (Å²) >= 11 is 0. The standard InChI is InChI=1S/C17H23FN4O/c1-4-15-14(16(5-2)23-22-15)11-21-17(19-3)20-10-12-7-6-8-13(18)9-12/h6-9H,4-5,10-11H2,1-3H3,(H2,19,20,21). The first kappa shape index (κ1) is 17.0. The van der Waals surface area contributed by atoms with Crippen LogP contribution in [0.2, 0.25) is 0 Å². The van der Waals surface area contributed by atoms with E-state index in [0.29, 0.717) is 19.0 Å². The van der Waals surface area contributed by atoms with Crippen LogP contribution in [0.4, 0.5) is 4.39 Å². The molecule has 6 heteroatoms. The molecule has 2 rings (SSSR count). The summed E-state index contributed by atoms with van der Waals surface area (Å²) in [6.45, 7) is 5.19. The Morgan fingerprint density at radius 2 is 2.00 bits per heavy atom. The number of benzene rings is 1. The van der Waals surface area contributed by atoms with Crippen molar-refractivity contribution in [1.82, 2.24) is 15.8 Å². The predicted octanol–water partition coefficient (Wildman–Crippen LogP) is 2.80. The lowest BCUT2D eigenvalue weighted by molar-refractivity contribution is 0.380. The van der Waals surface area contributed by atoms with Gasteiger partial charge in [0.1, 0.15) is 11.6 Å². The molecule has 0 spiro atoms. The maximum absolute atomic E-state index is 13.2. The molecular formula is C17H23FN4O. The number of aryl methyl sites for hydroxylation is 2. The summed E-state index contributed by atoms with van der Waals surface area (Å²) < 4.78 is 18.5. The zero-order chi connectivity index (χ0) is 16.7. The Balaban J connectivity index is 1.94. The Kier molecular flexibility index (Phi) is 6.14. The number of rotatable bonds is 6. The molecule has 0 fully saturated rings. The van der Waals surface area contributed by atoms with E-state index in [9.17, 15) is 4.39 Å². The molecule has 1 aromatic heterocycles. The molecule has 0 atom stereocenters. The molecule has 0 bridgehead atoms. The van der Waals surface area contributed by atoms with E-state index in [1.54, 1.807) is 13.1 Å². The molecule has 124 valence electrons. The number of aromatic nitrogens is 1. The van der Waals surface area contributed by atoms with Gasteiger partial charge in [-0.2, -0.15) is 0 Å². The zero-order valence-electron chi connectivity index (χ0n) is 13.8. The van der Waals surface area contributed by atoms with Gasteiger partial charge in [0.15, 0.2) is 5.96 Å². The highest BCUT2D eigenvalue weighted by atomic mass is 19.1. The molecule has 0 amide bonds. The molecule has 0 aliphatic heterocycles. The fraction of sp³-hybridized carbons (Fsp3) is 0.412. The first-order chi connectivity index (χ1) is 11.2.